The number of rotatable bonds is 5. The molecule has 15 heavy (non-hydrogen) atoms. The van der Waals surface area contributed by atoms with E-state index < -0.39 is 0 Å². The monoisotopic (exact) mass is 225 g/mol. The number of nitrogens with one attached hydrogen (secondary N) is 1. The molecular weight excluding hydrogens is 206 g/mol. The van der Waals surface area contributed by atoms with Crippen LogP contribution in [0.15, 0.2) is 10.9 Å². The van der Waals surface area contributed by atoms with Gasteiger partial charge in [0.2, 0.25) is 0 Å². The van der Waals surface area contributed by atoms with E-state index >= 15 is 0 Å². The Balaban J connectivity index is 1.81. The topological polar surface area (TPSA) is 28.2 Å². The predicted molar refractivity (Wildman–Crippen MR) is 64.1 cm³/mol. The number of aromatic nitrogens is 1. The minimum atomic E-state index is 0.698. The van der Waals surface area contributed by atoms with Crippen LogP contribution in [0.5, 0.6) is 0 Å². The molecule has 1 unspecified atom stereocenters. The van der Waals surface area contributed by atoms with E-state index in [9.17, 15) is 0 Å². The van der Waals surface area contributed by atoms with Gasteiger partial charge in [-0.2, -0.15) is 0 Å². The van der Waals surface area contributed by atoms with Gasteiger partial charge in [-0.15, -0.1) is 11.3 Å². The van der Waals surface area contributed by atoms with Crippen LogP contribution in [-0.2, 0) is 6.54 Å². The molecular formula is C11H19N3S. The Morgan fingerprint density at radius 1 is 1.67 bits per heavy atom. The lowest BCUT2D eigenvalue weighted by molar-refractivity contribution is 0.251. The van der Waals surface area contributed by atoms with Crippen molar-refractivity contribution in [3.8, 4) is 0 Å². The van der Waals surface area contributed by atoms with Gasteiger partial charge in [0.15, 0.2) is 0 Å². The highest BCUT2D eigenvalue weighted by molar-refractivity contribution is 7.07. The van der Waals surface area contributed by atoms with Crippen LogP contribution in [-0.4, -0.2) is 35.6 Å². The summed E-state index contributed by atoms with van der Waals surface area (Å²) in [5.41, 5.74) is 3.12. The Morgan fingerprint density at radius 2 is 2.60 bits per heavy atom. The lowest BCUT2D eigenvalue weighted by Gasteiger charge is -2.23. The van der Waals surface area contributed by atoms with Gasteiger partial charge in [0.25, 0.3) is 0 Å². The number of hydrogen-bond donors (Lipinski definition) is 1. The average molecular weight is 225 g/mol. The van der Waals surface area contributed by atoms with Crippen LogP contribution in [0.3, 0.4) is 0 Å². The van der Waals surface area contributed by atoms with Gasteiger partial charge >= 0.3 is 0 Å². The molecule has 1 aromatic heterocycles. The van der Waals surface area contributed by atoms with Gasteiger partial charge in [0, 0.05) is 24.5 Å². The molecule has 1 aliphatic heterocycles. The molecule has 1 aromatic rings. The standard InChI is InChI=1S/C11H19N3S/c1-2-14(6-10-4-3-5-12-10)7-11-8-15-9-13-11/h8-10,12H,2-7H2,1H3. The molecule has 1 saturated heterocycles. The Kier molecular flexibility index (Phi) is 4.11. The van der Waals surface area contributed by atoms with Crippen LogP contribution < -0.4 is 5.32 Å². The van der Waals surface area contributed by atoms with Crippen LogP contribution in [0.1, 0.15) is 25.5 Å². The normalized spacial score (nSPS) is 21.3. The molecule has 0 spiro atoms. The minimum absolute atomic E-state index is 0.698. The van der Waals surface area contributed by atoms with Crippen molar-refractivity contribution in [1.29, 1.82) is 0 Å². The number of hydrogen-bond acceptors (Lipinski definition) is 4. The van der Waals surface area contributed by atoms with Crippen molar-refractivity contribution in [2.24, 2.45) is 0 Å². The number of nitrogens with zero attached hydrogens (tertiary/aromatic N) is 2. The maximum Gasteiger partial charge on any atom is 0.0795 e. The van der Waals surface area contributed by atoms with E-state index in [2.05, 4.69) is 27.5 Å². The molecule has 0 aliphatic carbocycles. The van der Waals surface area contributed by atoms with Crippen LogP contribution in [0.25, 0.3) is 0 Å². The molecule has 0 amide bonds. The highest BCUT2D eigenvalue weighted by atomic mass is 32.1. The average Bonchev–Trinajstić information content (AvgIpc) is 2.89. The van der Waals surface area contributed by atoms with E-state index in [1.165, 1.54) is 25.1 Å². The quantitative estimate of drug-likeness (QED) is 0.827. The Hall–Kier alpha value is -0.450. The van der Waals surface area contributed by atoms with Crippen LogP contribution >= 0.6 is 11.3 Å². The summed E-state index contributed by atoms with van der Waals surface area (Å²) in [6, 6.07) is 0.698. The van der Waals surface area contributed by atoms with E-state index in [4.69, 9.17) is 0 Å². The van der Waals surface area contributed by atoms with Crippen LogP contribution in [0.2, 0.25) is 0 Å². The molecule has 0 radical (unpaired) electrons. The molecule has 1 fully saturated rings. The highest BCUT2D eigenvalue weighted by Gasteiger charge is 2.17. The summed E-state index contributed by atoms with van der Waals surface area (Å²) in [7, 11) is 0. The molecule has 0 aromatic carbocycles. The van der Waals surface area contributed by atoms with Gasteiger partial charge in [-0.3, -0.25) is 4.90 Å². The summed E-state index contributed by atoms with van der Waals surface area (Å²) in [6.07, 6.45) is 2.66. The SMILES string of the molecule is CCN(Cc1cscn1)CC1CCCN1. The fourth-order valence-corrected chi connectivity index (χ4v) is 2.62. The summed E-state index contributed by atoms with van der Waals surface area (Å²) in [4.78, 5) is 6.81. The van der Waals surface area contributed by atoms with Crippen molar-refractivity contribution in [3.05, 3.63) is 16.6 Å². The second-order valence-corrected chi connectivity index (χ2v) is 4.82. The molecule has 84 valence electrons. The van der Waals surface area contributed by atoms with E-state index in [0.717, 1.165) is 19.6 Å². The first-order chi connectivity index (χ1) is 7.38. The van der Waals surface area contributed by atoms with Gasteiger partial charge in [0.1, 0.15) is 0 Å². The van der Waals surface area contributed by atoms with E-state index in [0.29, 0.717) is 6.04 Å². The molecule has 1 N–H and O–H groups in total. The molecule has 1 atom stereocenters. The van der Waals surface area contributed by atoms with Crippen LogP contribution in [0, 0.1) is 0 Å². The van der Waals surface area contributed by atoms with Crippen molar-refractivity contribution in [2.45, 2.75) is 32.4 Å². The second kappa shape index (κ2) is 5.58. The lowest BCUT2D eigenvalue weighted by atomic mass is 10.2. The fraction of sp³-hybridized carbons (Fsp3) is 0.727. The lowest BCUT2D eigenvalue weighted by Crippen LogP contribution is -2.37. The van der Waals surface area contributed by atoms with Crippen molar-refractivity contribution >= 4 is 11.3 Å². The molecule has 3 nitrogen and oxygen atoms in total. The van der Waals surface area contributed by atoms with Gasteiger partial charge in [-0.05, 0) is 25.9 Å². The number of likely N-dealkylation sites (N-methyl/N-ethyl adjacent to an activating group) is 1. The van der Waals surface area contributed by atoms with Crippen molar-refractivity contribution in [3.63, 3.8) is 0 Å². The van der Waals surface area contributed by atoms with E-state index in [1.54, 1.807) is 11.3 Å². The molecule has 4 heteroatoms. The Morgan fingerprint density at radius 3 is 3.20 bits per heavy atom. The number of thiazole rings is 1. The van der Waals surface area contributed by atoms with Crippen molar-refractivity contribution in [1.82, 2.24) is 15.2 Å². The van der Waals surface area contributed by atoms with Gasteiger partial charge in [0.05, 0.1) is 11.2 Å². The summed E-state index contributed by atoms with van der Waals surface area (Å²) in [5, 5.41) is 5.69. The summed E-state index contributed by atoms with van der Waals surface area (Å²) in [5.74, 6) is 0. The largest absolute Gasteiger partial charge is 0.313 e. The van der Waals surface area contributed by atoms with Crippen molar-refractivity contribution in [2.75, 3.05) is 19.6 Å². The van der Waals surface area contributed by atoms with Gasteiger partial charge in [-0.25, -0.2) is 4.98 Å². The van der Waals surface area contributed by atoms with Gasteiger partial charge in [-0.1, -0.05) is 6.92 Å². The smallest absolute Gasteiger partial charge is 0.0795 e. The zero-order valence-corrected chi connectivity index (χ0v) is 10.1. The third-order valence-corrected chi connectivity index (χ3v) is 3.59. The second-order valence-electron chi connectivity index (χ2n) is 4.10. The summed E-state index contributed by atoms with van der Waals surface area (Å²) >= 11 is 1.68. The van der Waals surface area contributed by atoms with Gasteiger partial charge < -0.3 is 5.32 Å². The Bertz CT molecular complexity index is 267. The van der Waals surface area contributed by atoms with Crippen molar-refractivity contribution < 1.29 is 0 Å². The maximum absolute atomic E-state index is 4.34. The van der Waals surface area contributed by atoms with Crippen LogP contribution in [0.4, 0.5) is 0 Å². The first kappa shape index (κ1) is 11.0. The molecule has 0 saturated carbocycles. The summed E-state index contributed by atoms with van der Waals surface area (Å²) < 4.78 is 0. The zero-order valence-electron chi connectivity index (χ0n) is 9.28. The van der Waals surface area contributed by atoms with E-state index in [-0.39, 0.29) is 0 Å². The molecule has 1 aliphatic rings. The fourth-order valence-electron chi connectivity index (χ4n) is 2.07. The van der Waals surface area contributed by atoms with E-state index in [1.807, 2.05) is 5.51 Å². The first-order valence-corrected chi connectivity index (χ1v) is 6.65. The molecule has 2 heterocycles. The molecule has 2 rings (SSSR count). The predicted octanol–water partition coefficient (Wildman–Crippen LogP) is 1.72. The highest BCUT2D eigenvalue weighted by Crippen LogP contribution is 2.10. The Labute approximate surface area is 95.5 Å². The maximum atomic E-state index is 4.34. The molecule has 0 bridgehead atoms. The first-order valence-electron chi connectivity index (χ1n) is 5.71. The minimum Gasteiger partial charge on any atom is -0.313 e. The third kappa shape index (κ3) is 3.26. The third-order valence-electron chi connectivity index (χ3n) is 2.96. The summed E-state index contributed by atoms with van der Waals surface area (Å²) in [6.45, 7) is 6.68. The zero-order chi connectivity index (χ0) is 10.5.